The molecule has 5 heteroatoms. The second kappa shape index (κ2) is 8.50. The molecule has 0 radical (unpaired) electrons. The van der Waals surface area contributed by atoms with Gasteiger partial charge in [-0.2, -0.15) is 0 Å². The van der Waals surface area contributed by atoms with E-state index in [0.717, 1.165) is 30.4 Å². The summed E-state index contributed by atoms with van der Waals surface area (Å²) in [6, 6.07) is 18.0. The molecule has 0 atom stereocenters. The van der Waals surface area contributed by atoms with Crippen LogP contribution >= 0.6 is 0 Å². The van der Waals surface area contributed by atoms with Crippen LogP contribution < -0.4 is 24.0 Å². The zero-order valence-corrected chi connectivity index (χ0v) is 17.4. The molecule has 4 nitrogen and oxygen atoms in total. The minimum atomic E-state index is -1.79. The van der Waals surface area contributed by atoms with E-state index in [9.17, 15) is 9.90 Å². The molecule has 0 aliphatic carbocycles. The molecule has 1 fully saturated rings. The fraction of sp³-hybridized carbons (Fsp3) is 0.381. The highest BCUT2D eigenvalue weighted by molar-refractivity contribution is 5.85. The average molecular weight is 467 g/mol. The molecule has 0 aromatic heterocycles. The fourth-order valence-electron chi connectivity index (χ4n) is 3.36. The molecule has 0 unspecified atom stereocenters. The maximum atomic E-state index is 13.0. The molecule has 140 valence electrons. The Morgan fingerprint density at radius 3 is 1.81 bits per heavy atom. The molecule has 0 amide bonds. The van der Waals surface area contributed by atoms with Gasteiger partial charge in [0.15, 0.2) is 0 Å². The van der Waals surface area contributed by atoms with Gasteiger partial charge in [-0.25, -0.2) is 4.79 Å². The van der Waals surface area contributed by atoms with E-state index < -0.39 is 11.6 Å². The second-order valence-electron chi connectivity index (χ2n) is 7.43. The van der Waals surface area contributed by atoms with E-state index in [-0.39, 0.29) is 30.1 Å². The maximum absolute atomic E-state index is 13.0. The van der Waals surface area contributed by atoms with Crippen molar-refractivity contribution in [3.8, 4) is 0 Å². The quantitative estimate of drug-likeness (QED) is 0.382. The summed E-state index contributed by atoms with van der Waals surface area (Å²) in [6.07, 6.45) is 1.49. The van der Waals surface area contributed by atoms with E-state index in [4.69, 9.17) is 4.74 Å². The third-order valence-corrected chi connectivity index (χ3v) is 5.07. The van der Waals surface area contributed by atoms with Crippen molar-refractivity contribution in [2.75, 3.05) is 27.2 Å². The molecule has 1 aliphatic heterocycles. The van der Waals surface area contributed by atoms with Crippen molar-refractivity contribution in [2.24, 2.45) is 0 Å². The summed E-state index contributed by atoms with van der Waals surface area (Å²) in [5.41, 5.74) is -0.735. The van der Waals surface area contributed by atoms with Crippen LogP contribution in [0, 0.1) is 0 Å². The molecule has 1 aliphatic rings. The largest absolute Gasteiger partial charge is 1.00 e. The predicted octanol–water partition coefficient (Wildman–Crippen LogP) is -0.291. The number of carbonyl (C=O) groups excluding carboxylic acids is 1. The van der Waals surface area contributed by atoms with Crippen LogP contribution in [-0.2, 0) is 15.1 Å². The lowest BCUT2D eigenvalue weighted by molar-refractivity contribution is -0.896. The van der Waals surface area contributed by atoms with Crippen LogP contribution in [-0.4, -0.2) is 48.8 Å². The van der Waals surface area contributed by atoms with Crippen molar-refractivity contribution in [2.45, 2.75) is 24.5 Å². The summed E-state index contributed by atoms with van der Waals surface area (Å²) in [6.45, 7) is 1.93. The van der Waals surface area contributed by atoms with E-state index in [0.29, 0.717) is 11.1 Å². The van der Waals surface area contributed by atoms with Gasteiger partial charge in [-0.15, -0.1) is 0 Å². The highest BCUT2D eigenvalue weighted by atomic mass is 127. The first-order chi connectivity index (χ1) is 11.9. The van der Waals surface area contributed by atoms with Gasteiger partial charge in [0.2, 0.25) is 5.60 Å². The van der Waals surface area contributed by atoms with Crippen LogP contribution in [0.25, 0.3) is 0 Å². The number of rotatable bonds is 4. The Kier molecular flexibility index (Phi) is 6.82. The van der Waals surface area contributed by atoms with Crippen molar-refractivity contribution < 1.29 is 43.1 Å². The molecule has 1 N–H and O–H groups in total. The molecule has 0 spiro atoms. The molecule has 26 heavy (non-hydrogen) atoms. The minimum absolute atomic E-state index is 0. The second-order valence-corrected chi connectivity index (χ2v) is 7.43. The van der Waals surface area contributed by atoms with Crippen molar-refractivity contribution in [3.05, 3.63) is 71.8 Å². The van der Waals surface area contributed by atoms with Crippen molar-refractivity contribution in [1.29, 1.82) is 0 Å². The summed E-state index contributed by atoms with van der Waals surface area (Å²) in [4.78, 5) is 13.0. The van der Waals surface area contributed by atoms with Gasteiger partial charge in [-0.05, 0) is 11.1 Å². The van der Waals surface area contributed by atoms with Crippen molar-refractivity contribution in [3.63, 3.8) is 0 Å². The highest BCUT2D eigenvalue weighted by Crippen LogP contribution is 2.32. The van der Waals surface area contributed by atoms with Crippen LogP contribution in [0.5, 0.6) is 0 Å². The normalized spacial score (nSPS) is 17.2. The smallest absolute Gasteiger partial charge is 0.347 e. The van der Waals surface area contributed by atoms with Crippen molar-refractivity contribution >= 4 is 5.97 Å². The SMILES string of the molecule is C[N+]1(C)CCC(OC(=O)C(O)(c2ccccc2)c2ccccc2)CC1.[I-]. The average Bonchev–Trinajstić information content (AvgIpc) is 2.64. The summed E-state index contributed by atoms with van der Waals surface area (Å²) in [5.74, 6) is -0.595. The summed E-state index contributed by atoms with van der Waals surface area (Å²) < 4.78 is 6.70. The van der Waals surface area contributed by atoms with E-state index in [1.54, 1.807) is 24.3 Å². The van der Waals surface area contributed by atoms with E-state index in [1.807, 2.05) is 36.4 Å². The minimum Gasteiger partial charge on any atom is -1.00 e. The number of ether oxygens (including phenoxy) is 1. The van der Waals surface area contributed by atoms with Gasteiger partial charge in [-0.3, -0.25) is 0 Å². The number of aliphatic hydroxyl groups is 1. The monoisotopic (exact) mass is 467 g/mol. The van der Waals surface area contributed by atoms with Gasteiger partial charge in [0.05, 0.1) is 27.2 Å². The number of quaternary nitrogens is 1. The molecule has 1 heterocycles. The molecular formula is C21H26INO3. The van der Waals surface area contributed by atoms with Gasteiger partial charge < -0.3 is 38.3 Å². The summed E-state index contributed by atoms with van der Waals surface area (Å²) >= 11 is 0. The predicted molar refractivity (Wildman–Crippen MR) is 96.8 cm³/mol. The molecule has 3 rings (SSSR count). The van der Waals surface area contributed by atoms with Gasteiger partial charge in [0, 0.05) is 12.8 Å². The highest BCUT2D eigenvalue weighted by Gasteiger charge is 2.43. The van der Waals surface area contributed by atoms with Gasteiger partial charge in [0.1, 0.15) is 6.10 Å². The van der Waals surface area contributed by atoms with E-state index in [1.165, 1.54) is 0 Å². The van der Waals surface area contributed by atoms with E-state index >= 15 is 0 Å². The van der Waals surface area contributed by atoms with E-state index in [2.05, 4.69) is 14.1 Å². The van der Waals surface area contributed by atoms with Crippen LogP contribution in [0.2, 0.25) is 0 Å². The number of nitrogens with zero attached hydrogens (tertiary/aromatic N) is 1. The number of likely N-dealkylation sites (tertiary alicyclic amines) is 1. The lowest BCUT2D eigenvalue weighted by atomic mass is 9.86. The molecular weight excluding hydrogens is 441 g/mol. The number of halogens is 1. The molecule has 1 saturated heterocycles. The Morgan fingerprint density at radius 1 is 0.962 bits per heavy atom. The molecule has 2 aromatic carbocycles. The zero-order chi connectivity index (χ0) is 17.9. The van der Waals surface area contributed by atoms with Crippen LogP contribution in [0.3, 0.4) is 0 Å². The first-order valence-corrected chi connectivity index (χ1v) is 8.78. The summed E-state index contributed by atoms with van der Waals surface area (Å²) in [7, 11) is 4.37. The third-order valence-electron chi connectivity index (χ3n) is 5.07. The Bertz CT molecular complexity index is 669. The van der Waals surface area contributed by atoms with Crippen molar-refractivity contribution in [1.82, 2.24) is 0 Å². The Hall–Kier alpha value is -1.44. The number of carbonyl (C=O) groups is 1. The first-order valence-electron chi connectivity index (χ1n) is 8.78. The van der Waals surface area contributed by atoms with Crippen LogP contribution in [0.4, 0.5) is 0 Å². The maximum Gasteiger partial charge on any atom is 0.347 e. The van der Waals surface area contributed by atoms with Gasteiger partial charge in [-0.1, -0.05) is 60.7 Å². The number of esters is 1. The third kappa shape index (κ3) is 4.45. The number of benzene rings is 2. The van der Waals surface area contributed by atoms with Gasteiger partial charge >= 0.3 is 5.97 Å². The molecule has 0 bridgehead atoms. The molecule has 2 aromatic rings. The zero-order valence-electron chi connectivity index (χ0n) is 15.3. The fourth-order valence-corrected chi connectivity index (χ4v) is 3.36. The number of piperidine rings is 1. The summed E-state index contributed by atoms with van der Waals surface area (Å²) in [5, 5.41) is 11.4. The standard InChI is InChI=1S/C21H26NO3.HI/c1-22(2)15-13-19(14-16-22)25-20(23)21(24,17-9-5-3-6-10-17)18-11-7-4-8-12-18;/h3-12,19,24H,13-16H2,1-2H3;1H/q+1;/p-1. The van der Waals surface area contributed by atoms with Crippen LogP contribution in [0.15, 0.2) is 60.7 Å². The lowest BCUT2D eigenvalue weighted by Gasteiger charge is -2.38. The Morgan fingerprint density at radius 2 is 1.38 bits per heavy atom. The molecule has 0 saturated carbocycles. The Balaban J connectivity index is 0.00000243. The Labute approximate surface area is 172 Å². The number of hydrogen-bond donors (Lipinski definition) is 1. The lowest BCUT2D eigenvalue weighted by Crippen LogP contribution is -3.00. The number of hydrogen-bond acceptors (Lipinski definition) is 3. The topological polar surface area (TPSA) is 46.5 Å². The van der Waals surface area contributed by atoms with Crippen LogP contribution in [0.1, 0.15) is 24.0 Å². The first kappa shape index (κ1) is 20.9. The van der Waals surface area contributed by atoms with Gasteiger partial charge in [0.25, 0.3) is 0 Å².